The van der Waals surface area contributed by atoms with E-state index < -0.39 is 0 Å². The zero-order valence-corrected chi connectivity index (χ0v) is 12.6. The average molecular weight is 273 g/mol. The van der Waals surface area contributed by atoms with Crippen molar-refractivity contribution in [2.75, 3.05) is 18.4 Å². The van der Waals surface area contributed by atoms with Crippen LogP contribution in [0.25, 0.3) is 0 Å². The molecule has 20 heavy (non-hydrogen) atoms. The molecule has 1 aliphatic carbocycles. The normalized spacial score (nSPS) is 23.8. The Balaban J connectivity index is 1.74. The summed E-state index contributed by atoms with van der Waals surface area (Å²) in [4.78, 5) is 7.28. The predicted molar refractivity (Wildman–Crippen MR) is 84.0 cm³/mol. The van der Waals surface area contributed by atoms with Gasteiger partial charge in [-0.15, -0.1) is 0 Å². The summed E-state index contributed by atoms with van der Waals surface area (Å²) in [7, 11) is 0. The standard InChI is InChI=1S/C17H27N3/c1-2-3-12-20-13-6-10-16(20)15-9-5-11-18-17(15)19-14-7-4-8-14/h5,9,11,14,16H,2-4,6-8,10,12-13H2,1H3,(H,18,19)/t16-/m0/s1. The van der Waals surface area contributed by atoms with Crippen LogP contribution in [0.5, 0.6) is 0 Å². The molecule has 0 radical (unpaired) electrons. The smallest absolute Gasteiger partial charge is 0.130 e. The van der Waals surface area contributed by atoms with Crippen LogP contribution in [-0.2, 0) is 0 Å². The third kappa shape index (κ3) is 2.98. The molecule has 1 aromatic heterocycles. The SMILES string of the molecule is CCCCN1CCC[C@H]1c1cccnc1NC1CCC1. The maximum atomic E-state index is 4.62. The first kappa shape index (κ1) is 13.9. The van der Waals surface area contributed by atoms with Gasteiger partial charge in [0.2, 0.25) is 0 Å². The maximum Gasteiger partial charge on any atom is 0.130 e. The summed E-state index contributed by atoms with van der Waals surface area (Å²) in [6, 6.07) is 5.62. The molecule has 1 saturated heterocycles. The minimum atomic E-state index is 0.581. The Morgan fingerprint density at radius 3 is 2.95 bits per heavy atom. The van der Waals surface area contributed by atoms with Crippen LogP contribution < -0.4 is 5.32 Å². The van der Waals surface area contributed by atoms with E-state index in [1.54, 1.807) is 0 Å². The van der Waals surface area contributed by atoms with Crippen molar-refractivity contribution in [1.29, 1.82) is 0 Å². The van der Waals surface area contributed by atoms with Crippen molar-refractivity contribution in [3.63, 3.8) is 0 Å². The number of nitrogens with one attached hydrogen (secondary N) is 1. The number of likely N-dealkylation sites (tertiary alicyclic amines) is 1. The Morgan fingerprint density at radius 1 is 1.30 bits per heavy atom. The molecule has 2 aliphatic rings. The van der Waals surface area contributed by atoms with Crippen molar-refractivity contribution < 1.29 is 0 Å². The Hall–Kier alpha value is -1.09. The summed E-state index contributed by atoms with van der Waals surface area (Å²) >= 11 is 0. The Bertz CT molecular complexity index is 428. The van der Waals surface area contributed by atoms with Crippen LogP contribution in [0, 0.1) is 0 Å². The fourth-order valence-corrected chi connectivity index (χ4v) is 3.36. The van der Waals surface area contributed by atoms with Gasteiger partial charge in [-0.2, -0.15) is 0 Å². The highest BCUT2D eigenvalue weighted by Gasteiger charge is 2.28. The van der Waals surface area contributed by atoms with E-state index in [-0.39, 0.29) is 0 Å². The van der Waals surface area contributed by atoms with Crippen LogP contribution in [0.4, 0.5) is 5.82 Å². The van der Waals surface area contributed by atoms with E-state index in [1.807, 2.05) is 6.20 Å². The van der Waals surface area contributed by atoms with Crippen molar-refractivity contribution in [2.24, 2.45) is 0 Å². The molecule has 2 heterocycles. The molecule has 3 rings (SSSR count). The Labute approximate surface area is 122 Å². The molecule has 3 heteroatoms. The molecule has 0 unspecified atom stereocenters. The summed E-state index contributed by atoms with van der Waals surface area (Å²) in [5.74, 6) is 1.14. The molecule has 0 bridgehead atoms. The third-order valence-electron chi connectivity index (χ3n) is 4.81. The number of unbranched alkanes of at least 4 members (excludes halogenated alkanes) is 1. The number of anilines is 1. The summed E-state index contributed by atoms with van der Waals surface area (Å²) < 4.78 is 0. The van der Waals surface area contributed by atoms with Crippen molar-refractivity contribution in [3.05, 3.63) is 23.9 Å². The number of hydrogen-bond acceptors (Lipinski definition) is 3. The third-order valence-corrected chi connectivity index (χ3v) is 4.81. The monoisotopic (exact) mass is 273 g/mol. The lowest BCUT2D eigenvalue weighted by atomic mass is 9.92. The summed E-state index contributed by atoms with van der Waals surface area (Å²) in [5.41, 5.74) is 1.42. The van der Waals surface area contributed by atoms with Gasteiger partial charge in [-0.1, -0.05) is 19.4 Å². The number of nitrogens with zero attached hydrogens (tertiary/aromatic N) is 2. The van der Waals surface area contributed by atoms with Crippen LogP contribution in [0.15, 0.2) is 18.3 Å². The van der Waals surface area contributed by atoms with E-state index in [2.05, 4.69) is 34.3 Å². The largest absolute Gasteiger partial charge is 0.367 e. The first-order valence-corrected chi connectivity index (χ1v) is 8.34. The van der Waals surface area contributed by atoms with Crippen LogP contribution in [0.3, 0.4) is 0 Å². The van der Waals surface area contributed by atoms with E-state index in [4.69, 9.17) is 0 Å². The van der Waals surface area contributed by atoms with Gasteiger partial charge >= 0.3 is 0 Å². The topological polar surface area (TPSA) is 28.2 Å². The second kappa shape index (κ2) is 6.57. The van der Waals surface area contributed by atoms with Crippen molar-refractivity contribution in [1.82, 2.24) is 9.88 Å². The second-order valence-corrected chi connectivity index (χ2v) is 6.26. The van der Waals surface area contributed by atoms with Gasteiger partial charge in [0.1, 0.15) is 5.82 Å². The number of rotatable bonds is 6. The molecule has 1 atom stereocenters. The summed E-state index contributed by atoms with van der Waals surface area (Å²) in [6.45, 7) is 4.76. The highest BCUT2D eigenvalue weighted by Crippen LogP contribution is 2.36. The molecule has 2 fully saturated rings. The molecule has 1 N–H and O–H groups in total. The lowest BCUT2D eigenvalue weighted by Gasteiger charge is -2.30. The van der Waals surface area contributed by atoms with E-state index in [1.165, 1.54) is 63.6 Å². The van der Waals surface area contributed by atoms with E-state index in [0.717, 1.165) is 5.82 Å². The number of pyridine rings is 1. The van der Waals surface area contributed by atoms with Crippen LogP contribution in [-0.4, -0.2) is 29.0 Å². The molecule has 110 valence electrons. The van der Waals surface area contributed by atoms with Gasteiger partial charge in [0, 0.05) is 23.8 Å². The van der Waals surface area contributed by atoms with Crippen LogP contribution in [0.1, 0.15) is 63.5 Å². The van der Waals surface area contributed by atoms with E-state index in [0.29, 0.717) is 12.1 Å². The lowest BCUT2D eigenvalue weighted by molar-refractivity contribution is 0.253. The minimum Gasteiger partial charge on any atom is -0.367 e. The zero-order valence-electron chi connectivity index (χ0n) is 12.6. The fraction of sp³-hybridized carbons (Fsp3) is 0.706. The zero-order chi connectivity index (χ0) is 13.8. The first-order valence-electron chi connectivity index (χ1n) is 8.34. The average Bonchev–Trinajstić information content (AvgIpc) is 2.89. The maximum absolute atomic E-state index is 4.62. The van der Waals surface area contributed by atoms with E-state index >= 15 is 0 Å². The molecular formula is C17H27N3. The summed E-state index contributed by atoms with van der Waals surface area (Å²) in [6.07, 6.45) is 11.1. The number of aromatic nitrogens is 1. The fourth-order valence-electron chi connectivity index (χ4n) is 3.36. The Kier molecular flexibility index (Phi) is 4.56. The predicted octanol–water partition coefficient (Wildman–Crippen LogP) is 3.98. The molecule has 1 aliphatic heterocycles. The quantitative estimate of drug-likeness (QED) is 0.849. The molecule has 0 aromatic carbocycles. The van der Waals surface area contributed by atoms with Gasteiger partial charge in [-0.25, -0.2) is 4.98 Å². The second-order valence-electron chi connectivity index (χ2n) is 6.26. The van der Waals surface area contributed by atoms with Gasteiger partial charge in [0.25, 0.3) is 0 Å². The molecule has 0 spiro atoms. The lowest BCUT2D eigenvalue weighted by Crippen LogP contribution is -2.30. The van der Waals surface area contributed by atoms with Gasteiger partial charge in [-0.05, 0) is 57.7 Å². The first-order chi connectivity index (χ1) is 9.88. The number of hydrogen-bond donors (Lipinski definition) is 1. The van der Waals surface area contributed by atoms with Gasteiger partial charge in [-0.3, -0.25) is 4.90 Å². The van der Waals surface area contributed by atoms with Crippen molar-refractivity contribution in [2.45, 2.75) is 64.0 Å². The molecule has 1 saturated carbocycles. The van der Waals surface area contributed by atoms with Gasteiger partial charge in [0.15, 0.2) is 0 Å². The highest BCUT2D eigenvalue weighted by molar-refractivity contribution is 5.47. The minimum absolute atomic E-state index is 0.581. The Morgan fingerprint density at radius 2 is 2.20 bits per heavy atom. The van der Waals surface area contributed by atoms with E-state index in [9.17, 15) is 0 Å². The molecule has 3 nitrogen and oxygen atoms in total. The van der Waals surface area contributed by atoms with Crippen LogP contribution in [0.2, 0.25) is 0 Å². The molecular weight excluding hydrogens is 246 g/mol. The van der Waals surface area contributed by atoms with Crippen molar-refractivity contribution >= 4 is 5.82 Å². The highest BCUT2D eigenvalue weighted by atomic mass is 15.2. The molecule has 0 amide bonds. The van der Waals surface area contributed by atoms with Crippen molar-refractivity contribution in [3.8, 4) is 0 Å². The van der Waals surface area contributed by atoms with Gasteiger partial charge < -0.3 is 5.32 Å². The summed E-state index contributed by atoms with van der Waals surface area (Å²) in [5, 5.41) is 3.66. The van der Waals surface area contributed by atoms with Gasteiger partial charge in [0.05, 0.1) is 0 Å². The van der Waals surface area contributed by atoms with Crippen LogP contribution >= 0.6 is 0 Å². The molecule has 1 aromatic rings.